The summed E-state index contributed by atoms with van der Waals surface area (Å²) in [5.41, 5.74) is 1.31. The molecule has 2 nitrogen and oxygen atoms in total. The van der Waals surface area contributed by atoms with E-state index in [0.29, 0.717) is 5.92 Å². The molecule has 114 valence electrons. The monoisotopic (exact) mass is 295 g/mol. The standard InChI is InChI=1S/C17H29NOS/c1-14(2)12-18-13-15-6-8-16(9-7-15)20-11-10-19-17(3,4)5/h6-9,14,18H,10-13H2,1-5H3. The predicted octanol–water partition coefficient (Wildman–Crippen LogP) is 4.34. The van der Waals surface area contributed by atoms with E-state index in [1.807, 2.05) is 11.8 Å². The molecule has 0 saturated carbocycles. The molecule has 1 N–H and O–H groups in total. The van der Waals surface area contributed by atoms with Crippen LogP contribution < -0.4 is 5.32 Å². The van der Waals surface area contributed by atoms with Crippen molar-refractivity contribution in [1.29, 1.82) is 0 Å². The molecule has 0 unspecified atom stereocenters. The topological polar surface area (TPSA) is 21.3 Å². The van der Waals surface area contributed by atoms with E-state index in [4.69, 9.17) is 4.74 Å². The van der Waals surface area contributed by atoms with Gasteiger partial charge in [0.05, 0.1) is 12.2 Å². The van der Waals surface area contributed by atoms with E-state index in [-0.39, 0.29) is 5.60 Å². The summed E-state index contributed by atoms with van der Waals surface area (Å²) >= 11 is 1.85. The summed E-state index contributed by atoms with van der Waals surface area (Å²) in [7, 11) is 0. The molecular formula is C17H29NOS. The Kier molecular flexibility index (Phi) is 7.63. The van der Waals surface area contributed by atoms with E-state index in [9.17, 15) is 0 Å². The van der Waals surface area contributed by atoms with Crippen LogP contribution in [0, 0.1) is 5.92 Å². The SMILES string of the molecule is CC(C)CNCc1ccc(SCCOC(C)(C)C)cc1. The van der Waals surface area contributed by atoms with Gasteiger partial charge < -0.3 is 10.1 Å². The van der Waals surface area contributed by atoms with Crippen LogP contribution in [0.5, 0.6) is 0 Å². The van der Waals surface area contributed by atoms with Crippen molar-refractivity contribution >= 4 is 11.8 Å². The first-order chi connectivity index (χ1) is 9.37. The molecular weight excluding hydrogens is 266 g/mol. The minimum Gasteiger partial charge on any atom is -0.375 e. The van der Waals surface area contributed by atoms with Crippen LogP contribution in [-0.2, 0) is 11.3 Å². The van der Waals surface area contributed by atoms with Gasteiger partial charge in [-0.15, -0.1) is 11.8 Å². The van der Waals surface area contributed by atoms with Crippen LogP contribution in [0.1, 0.15) is 40.2 Å². The molecule has 0 spiro atoms. The zero-order valence-electron chi connectivity index (χ0n) is 13.5. The Morgan fingerprint density at radius 2 is 1.80 bits per heavy atom. The fourth-order valence-corrected chi connectivity index (χ4v) is 2.45. The molecule has 0 saturated heterocycles. The van der Waals surface area contributed by atoms with Gasteiger partial charge in [-0.25, -0.2) is 0 Å². The summed E-state index contributed by atoms with van der Waals surface area (Å²) in [5, 5.41) is 3.46. The second-order valence-electron chi connectivity index (χ2n) is 6.48. The lowest BCUT2D eigenvalue weighted by atomic mass is 10.2. The number of ether oxygens (including phenoxy) is 1. The molecule has 0 heterocycles. The normalized spacial score (nSPS) is 12.1. The third-order valence-corrected chi connectivity index (χ3v) is 3.67. The molecule has 3 heteroatoms. The van der Waals surface area contributed by atoms with Crippen molar-refractivity contribution in [2.45, 2.75) is 51.7 Å². The summed E-state index contributed by atoms with van der Waals surface area (Å²) in [4.78, 5) is 1.31. The second kappa shape index (κ2) is 8.71. The van der Waals surface area contributed by atoms with Crippen LogP contribution in [0.3, 0.4) is 0 Å². The summed E-state index contributed by atoms with van der Waals surface area (Å²) in [6.07, 6.45) is 0. The van der Waals surface area contributed by atoms with Crippen molar-refractivity contribution in [2.24, 2.45) is 5.92 Å². The van der Waals surface area contributed by atoms with Gasteiger partial charge in [-0.1, -0.05) is 26.0 Å². The number of hydrogen-bond acceptors (Lipinski definition) is 3. The van der Waals surface area contributed by atoms with Crippen molar-refractivity contribution in [3.8, 4) is 0 Å². The van der Waals surface area contributed by atoms with Gasteiger partial charge in [0, 0.05) is 17.2 Å². The number of benzene rings is 1. The van der Waals surface area contributed by atoms with Gasteiger partial charge in [-0.2, -0.15) is 0 Å². The van der Waals surface area contributed by atoms with E-state index in [1.165, 1.54) is 10.5 Å². The van der Waals surface area contributed by atoms with Crippen LogP contribution in [0.4, 0.5) is 0 Å². The van der Waals surface area contributed by atoms with E-state index in [0.717, 1.165) is 25.4 Å². The predicted molar refractivity (Wildman–Crippen MR) is 89.4 cm³/mol. The largest absolute Gasteiger partial charge is 0.375 e. The molecule has 1 aromatic carbocycles. The molecule has 0 amide bonds. The maximum atomic E-state index is 5.72. The Balaban J connectivity index is 2.25. The molecule has 0 aromatic heterocycles. The number of rotatable bonds is 8. The highest BCUT2D eigenvalue weighted by Gasteiger charge is 2.09. The first-order valence-electron chi connectivity index (χ1n) is 7.43. The molecule has 0 aliphatic carbocycles. The smallest absolute Gasteiger partial charge is 0.0598 e. The highest BCUT2D eigenvalue weighted by molar-refractivity contribution is 7.99. The molecule has 0 bridgehead atoms. The minimum atomic E-state index is -0.0352. The number of nitrogens with one attached hydrogen (secondary N) is 1. The van der Waals surface area contributed by atoms with Gasteiger partial charge >= 0.3 is 0 Å². The van der Waals surface area contributed by atoms with E-state index in [2.05, 4.69) is 64.2 Å². The minimum absolute atomic E-state index is 0.0352. The summed E-state index contributed by atoms with van der Waals surface area (Å²) < 4.78 is 5.72. The third kappa shape index (κ3) is 8.62. The Bertz CT molecular complexity index is 368. The Hall–Kier alpha value is -0.510. The third-order valence-electron chi connectivity index (χ3n) is 2.69. The molecule has 0 aliphatic rings. The van der Waals surface area contributed by atoms with Crippen molar-refractivity contribution in [2.75, 3.05) is 18.9 Å². The van der Waals surface area contributed by atoms with E-state index >= 15 is 0 Å². The van der Waals surface area contributed by atoms with Crippen LogP contribution in [0.2, 0.25) is 0 Å². The quantitative estimate of drug-likeness (QED) is 0.569. The molecule has 0 aliphatic heterocycles. The molecule has 0 fully saturated rings. The van der Waals surface area contributed by atoms with Crippen LogP contribution >= 0.6 is 11.8 Å². The number of hydrogen-bond donors (Lipinski definition) is 1. The Morgan fingerprint density at radius 3 is 2.35 bits per heavy atom. The highest BCUT2D eigenvalue weighted by Crippen LogP contribution is 2.19. The molecule has 0 atom stereocenters. The van der Waals surface area contributed by atoms with E-state index < -0.39 is 0 Å². The Labute approximate surface area is 128 Å². The first kappa shape index (κ1) is 17.5. The van der Waals surface area contributed by atoms with Gasteiger partial charge in [0.1, 0.15) is 0 Å². The van der Waals surface area contributed by atoms with Gasteiger partial charge in [-0.05, 0) is 50.9 Å². The van der Waals surface area contributed by atoms with Crippen LogP contribution in [0.25, 0.3) is 0 Å². The Morgan fingerprint density at radius 1 is 1.15 bits per heavy atom. The fraction of sp³-hybridized carbons (Fsp3) is 0.647. The lowest BCUT2D eigenvalue weighted by Crippen LogP contribution is -2.20. The van der Waals surface area contributed by atoms with Gasteiger partial charge in [-0.3, -0.25) is 0 Å². The van der Waals surface area contributed by atoms with Crippen molar-refractivity contribution in [3.63, 3.8) is 0 Å². The van der Waals surface area contributed by atoms with Gasteiger partial charge in [0.2, 0.25) is 0 Å². The molecule has 20 heavy (non-hydrogen) atoms. The van der Waals surface area contributed by atoms with Crippen molar-refractivity contribution < 1.29 is 4.74 Å². The van der Waals surface area contributed by atoms with Gasteiger partial charge in [0.25, 0.3) is 0 Å². The first-order valence-corrected chi connectivity index (χ1v) is 8.42. The zero-order chi connectivity index (χ0) is 15.0. The van der Waals surface area contributed by atoms with Crippen LogP contribution in [-0.4, -0.2) is 24.5 Å². The molecule has 1 aromatic rings. The van der Waals surface area contributed by atoms with Crippen molar-refractivity contribution in [3.05, 3.63) is 29.8 Å². The average molecular weight is 295 g/mol. The maximum Gasteiger partial charge on any atom is 0.0598 e. The lowest BCUT2D eigenvalue weighted by Gasteiger charge is -2.19. The lowest BCUT2D eigenvalue weighted by molar-refractivity contribution is 0.00695. The highest BCUT2D eigenvalue weighted by atomic mass is 32.2. The van der Waals surface area contributed by atoms with Gasteiger partial charge in [0.15, 0.2) is 0 Å². The number of thioether (sulfide) groups is 1. The maximum absolute atomic E-state index is 5.72. The summed E-state index contributed by atoms with van der Waals surface area (Å²) in [5.74, 6) is 1.70. The summed E-state index contributed by atoms with van der Waals surface area (Å²) in [6.45, 7) is 13.6. The zero-order valence-corrected chi connectivity index (χ0v) is 14.3. The van der Waals surface area contributed by atoms with Crippen molar-refractivity contribution in [1.82, 2.24) is 5.32 Å². The molecule has 1 rings (SSSR count). The summed E-state index contributed by atoms with van der Waals surface area (Å²) in [6, 6.07) is 8.82. The molecule has 0 radical (unpaired) electrons. The van der Waals surface area contributed by atoms with Crippen LogP contribution in [0.15, 0.2) is 29.2 Å². The average Bonchev–Trinajstić information content (AvgIpc) is 2.35. The fourth-order valence-electron chi connectivity index (χ4n) is 1.72. The second-order valence-corrected chi connectivity index (χ2v) is 7.65. The van der Waals surface area contributed by atoms with E-state index in [1.54, 1.807) is 0 Å².